The van der Waals surface area contributed by atoms with Gasteiger partial charge in [0.2, 0.25) is 0 Å². The number of aromatic amines is 1. The molecule has 144 valence electrons. The third-order valence-corrected chi connectivity index (χ3v) is 7.45. The Morgan fingerprint density at radius 1 is 0.964 bits per heavy atom. The fourth-order valence-electron chi connectivity index (χ4n) is 4.58. The Hall–Kier alpha value is -2.38. The van der Waals surface area contributed by atoms with Crippen molar-refractivity contribution >= 4 is 22.2 Å². The number of H-pyrrole nitrogens is 1. The van der Waals surface area contributed by atoms with Crippen molar-refractivity contribution in [3.05, 3.63) is 57.4 Å². The molecule has 3 aliphatic rings. The second-order valence-corrected chi connectivity index (χ2v) is 9.03. The molecule has 0 saturated carbocycles. The van der Waals surface area contributed by atoms with Crippen LogP contribution in [0.15, 0.2) is 24.4 Å². The van der Waals surface area contributed by atoms with E-state index in [2.05, 4.69) is 43.5 Å². The van der Waals surface area contributed by atoms with Crippen molar-refractivity contribution in [2.45, 2.75) is 38.9 Å². The summed E-state index contributed by atoms with van der Waals surface area (Å²) in [4.78, 5) is 11.4. The van der Waals surface area contributed by atoms with Gasteiger partial charge in [-0.25, -0.2) is 4.98 Å². The van der Waals surface area contributed by atoms with E-state index in [0.717, 1.165) is 58.5 Å². The zero-order valence-corrected chi connectivity index (χ0v) is 16.7. The maximum absolute atomic E-state index is 5.05. The van der Waals surface area contributed by atoms with Crippen molar-refractivity contribution in [2.75, 3.05) is 29.4 Å². The quantitative estimate of drug-likeness (QED) is 0.702. The van der Waals surface area contributed by atoms with Crippen LogP contribution in [0.1, 0.15) is 33.0 Å². The van der Waals surface area contributed by atoms with E-state index >= 15 is 0 Å². The third kappa shape index (κ3) is 2.81. The SMILES string of the molecule is c1cc2c(cc1N1CCc3sc(N4CCc5cn[nH]c5C4)nc3C1)CNCC2. The van der Waals surface area contributed by atoms with Gasteiger partial charge in [-0.05, 0) is 48.2 Å². The van der Waals surface area contributed by atoms with E-state index in [-0.39, 0.29) is 0 Å². The van der Waals surface area contributed by atoms with Gasteiger partial charge in [-0.2, -0.15) is 5.10 Å². The molecule has 0 fully saturated rings. The summed E-state index contributed by atoms with van der Waals surface area (Å²) in [5, 5.41) is 12.0. The second kappa shape index (κ2) is 6.60. The Balaban J connectivity index is 1.23. The number of hydrogen-bond donors (Lipinski definition) is 2. The number of nitrogens with zero attached hydrogens (tertiary/aromatic N) is 4. The second-order valence-electron chi connectivity index (χ2n) is 7.96. The number of thiazole rings is 1. The monoisotopic (exact) mass is 392 g/mol. The topological polar surface area (TPSA) is 60.1 Å². The number of rotatable bonds is 2. The van der Waals surface area contributed by atoms with Crippen LogP contribution >= 0.6 is 11.3 Å². The molecule has 2 N–H and O–H groups in total. The van der Waals surface area contributed by atoms with Gasteiger partial charge in [-0.1, -0.05) is 6.07 Å². The van der Waals surface area contributed by atoms with Crippen LogP contribution in [0.5, 0.6) is 0 Å². The predicted octanol–water partition coefficient (Wildman–Crippen LogP) is 2.64. The van der Waals surface area contributed by atoms with Crippen LogP contribution in [0, 0.1) is 0 Å². The highest BCUT2D eigenvalue weighted by atomic mass is 32.1. The summed E-state index contributed by atoms with van der Waals surface area (Å²) in [6, 6.07) is 7.00. The minimum absolute atomic E-state index is 0.892. The van der Waals surface area contributed by atoms with E-state index in [9.17, 15) is 0 Å². The minimum Gasteiger partial charge on any atom is -0.365 e. The van der Waals surface area contributed by atoms with Crippen molar-refractivity contribution in [1.82, 2.24) is 20.5 Å². The zero-order valence-electron chi connectivity index (χ0n) is 15.9. The van der Waals surface area contributed by atoms with Crippen LogP contribution in [0.25, 0.3) is 0 Å². The molecule has 2 aromatic heterocycles. The molecule has 0 unspecified atom stereocenters. The first-order chi connectivity index (χ1) is 13.8. The number of hydrogen-bond acceptors (Lipinski definition) is 6. The number of anilines is 2. The Morgan fingerprint density at radius 2 is 1.93 bits per heavy atom. The maximum Gasteiger partial charge on any atom is 0.186 e. The van der Waals surface area contributed by atoms with Crippen molar-refractivity contribution in [3.63, 3.8) is 0 Å². The van der Waals surface area contributed by atoms with E-state index in [0.29, 0.717) is 0 Å². The maximum atomic E-state index is 5.05. The molecule has 0 aliphatic carbocycles. The lowest BCUT2D eigenvalue weighted by molar-refractivity contribution is 0.642. The lowest BCUT2D eigenvalue weighted by Crippen LogP contribution is -2.31. The molecule has 6 rings (SSSR count). The Bertz CT molecular complexity index is 1020. The van der Waals surface area contributed by atoms with E-state index in [4.69, 9.17) is 4.98 Å². The molecule has 0 bridgehead atoms. The molecule has 3 aromatic rings. The van der Waals surface area contributed by atoms with E-state index in [1.165, 1.54) is 43.8 Å². The summed E-state index contributed by atoms with van der Waals surface area (Å²) >= 11 is 1.88. The molecule has 1 aromatic carbocycles. The van der Waals surface area contributed by atoms with Gasteiger partial charge in [0, 0.05) is 36.6 Å². The first kappa shape index (κ1) is 16.6. The van der Waals surface area contributed by atoms with Gasteiger partial charge in [0.15, 0.2) is 5.13 Å². The van der Waals surface area contributed by atoms with Crippen LogP contribution < -0.4 is 15.1 Å². The van der Waals surface area contributed by atoms with Crippen molar-refractivity contribution < 1.29 is 0 Å². The average Bonchev–Trinajstić information content (AvgIpc) is 3.39. The van der Waals surface area contributed by atoms with Crippen molar-refractivity contribution in [2.24, 2.45) is 0 Å². The van der Waals surface area contributed by atoms with Gasteiger partial charge in [0.05, 0.1) is 30.7 Å². The molecule has 7 heteroatoms. The van der Waals surface area contributed by atoms with E-state index < -0.39 is 0 Å². The highest BCUT2D eigenvalue weighted by Gasteiger charge is 2.26. The fraction of sp³-hybridized carbons (Fsp3) is 0.429. The molecule has 0 spiro atoms. The first-order valence-corrected chi connectivity index (χ1v) is 11.0. The Labute approximate surface area is 168 Å². The van der Waals surface area contributed by atoms with Crippen molar-refractivity contribution in [3.8, 4) is 0 Å². The molecule has 0 atom stereocenters. The highest BCUT2D eigenvalue weighted by molar-refractivity contribution is 7.15. The van der Waals surface area contributed by atoms with E-state index in [1.54, 1.807) is 0 Å². The minimum atomic E-state index is 0.892. The number of nitrogens with one attached hydrogen (secondary N) is 2. The zero-order chi connectivity index (χ0) is 18.5. The molecule has 3 aliphatic heterocycles. The van der Waals surface area contributed by atoms with Crippen LogP contribution in [0.4, 0.5) is 10.8 Å². The Morgan fingerprint density at radius 3 is 2.93 bits per heavy atom. The van der Waals surface area contributed by atoms with Crippen LogP contribution in [-0.2, 0) is 38.9 Å². The highest BCUT2D eigenvalue weighted by Crippen LogP contribution is 2.34. The lowest BCUT2D eigenvalue weighted by atomic mass is 9.99. The summed E-state index contributed by atoms with van der Waals surface area (Å²) in [5.74, 6) is 0. The first-order valence-electron chi connectivity index (χ1n) is 10.2. The molecule has 28 heavy (non-hydrogen) atoms. The molecule has 0 saturated heterocycles. The van der Waals surface area contributed by atoms with Gasteiger partial charge in [-0.3, -0.25) is 5.10 Å². The molecular formula is C21H24N6S. The Kier molecular flexibility index (Phi) is 3.90. The normalized spacial score (nSPS) is 18.6. The smallest absolute Gasteiger partial charge is 0.186 e. The average molecular weight is 393 g/mol. The largest absolute Gasteiger partial charge is 0.365 e. The fourth-order valence-corrected chi connectivity index (χ4v) is 5.67. The summed E-state index contributed by atoms with van der Waals surface area (Å²) in [5.41, 5.74) is 8.14. The molecule has 6 nitrogen and oxygen atoms in total. The van der Waals surface area contributed by atoms with Gasteiger partial charge >= 0.3 is 0 Å². The van der Waals surface area contributed by atoms with Crippen molar-refractivity contribution in [1.29, 1.82) is 0 Å². The van der Waals surface area contributed by atoms with Crippen LogP contribution in [0.2, 0.25) is 0 Å². The molecule has 5 heterocycles. The molecule has 0 amide bonds. The predicted molar refractivity (Wildman–Crippen MR) is 112 cm³/mol. The summed E-state index contributed by atoms with van der Waals surface area (Å²) in [6.45, 7) is 6.00. The number of fused-ring (bicyclic) bond motifs is 3. The number of aromatic nitrogens is 3. The van der Waals surface area contributed by atoms with Crippen LogP contribution in [0.3, 0.4) is 0 Å². The number of benzene rings is 1. The third-order valence-electron chi connectivity index (χ3n) is 6.24. The lowest BCUT2D eigenvalue weighted by Gasteiger charge is -2.29. The van der Waals surface area contributed by atoms with Crippen LogP contribution in [-0.4, -0.2) is 34.8 Å². The van der Waals surface area contributed by atoms with Gasteiger partial charge in [-0.15, -0.1) is 11.3 Å². The van der Waals surface area contributed by atoms with Gasteiger partial charge < -0.3 is 15.1 Å². The summed E-state index contributed by atoms with van der Waals surface area (Å²) < 4.78 is 0. The molecular weight excluding hydrogens is 368 g/mol. The van der Waals surface area contributed by atoms with Gasteiger partial charge in [0.25, 0.3) is 0 Å². The standard InChI is InChI=1S/C21H24N6S/c1-2-17(9-16-10-22-6-3-14(1)16)26-8-5-20-19(13-26)24-21(28-20)27-7-4-15-11-23-25-18(15)12-27/h1-2,9,11,22H,3-8,10,12-13H2,(H,23,25). The van der Waals surface area contributed by atoms with E-state index in [1.807, 2.05) is 17.5 Å². The van der Waals surface area contributed by atoms with Gasteiger partial charge in [0.1, 0.15) is 0 Å². The summed E-state index contributed by atoms with van der Waals surface area (Å²) in [7, 11) is 0. The summed E-state index contributed by atoms with van der Waals surface area (Å²) in [6.07, 6.45) is 5.24. The molecule has 0 radical (unpaired) electrons.